The van der Waals surface area contributed by atoms with Crippen LogP contribution in [0.5, 0.6) is 0 Å². The molecule has 0 bridgehead atoms. The Morgan fingerprint density at radius 1 is 1.20 bits per heavy atom. The van der Waals surface area contributed by atoms with Gasteiger partial charge in [0.1, 0.15) is 6.26 Å². The summed E-state index contributed by atoms with van der Waals surface area (Å²) in [7, 11) is 0. The largest absolute Gasteiger partial charge is 0.478 e. The normalized spacial score (nSPS) is 13.7. The number of benzene rings is 1. The molecule has 0 saturated carbocycles. The van der Waals surface area contributed by atoms with Gasteiger partial charge in [0.15, 0.2) is 6.26 Å². The highest BCUT2D eigenvalue weighted by atomic mass is 17.2. The van der Waals surface area contributed by atoms with Crippen molar-refractivity contribution in [3.8, 4) is 0 Å². The molecule has 1 aliphatic rings. The van der Waals surface area contributed by atoms with Crippen LogP contribution >= 0.6 is 0 Å². The topological polar surface area (TPSA) is 55.8 Å². The van der Waals surface area contributed by atoms with Gasteiger partial charge >= 0.3 is 5.97 Å². The van der Waals surface area contributed by atoms with Crippen LogP contribution < -0.4 is 0 Å². The summed E-state index contributed by atoms with van der Waals surface area (Å²) < 4.78 is 0. The SMILES string of the molecule is O=C(O)c1ccccc1C1=COOC=C1. The minimum Gasteiger partial charge on any atom is -0.478 e. The molecule has 0 fully saturated rings. The van der Waals surface area contributed by atoms with Crippen molar-refractivity contribution < 1.29 is 19.7 Å². The summed E-state index contributed by atoms with van der Waals surface area (Å²) in [6.07, 6.45) is 4.36. The maximum Gasteiger partial charge on any atom is 0.336 e. The predicted octanol–water partition coefficient (Wildman–Crippen LogP) is 2.20. The lowest BCUT2D eigenvalue weighted by Gasteiger charge is -2.09. The van der Waals surface area contributed by atoms with Gasteiger partial charge in [0.05, 0.1) is 5.56 Å². The summed E-state index contributed by atoms with van der Waals surface area (Å²) in [6, 6.07) is 6.71. The quantitative estimate of drug-likeness (QED) is 0.750. The van der Waals surface area contributed by atoms with Crippen molar-refractivity contribution in [2.45, 2.75) is 0 Å². The third-order valence-corrected chi connectivity index (χ3v) is 2.00. The summed E-state index contributed by atoms with van der Waals surface area (Å²) in [6.45, 7) is 0. The van der Waals surface area contributed by atoms with E-state index in [0.29, 0.717) is 11.1 Å². The Bertz CT molecular complexity index is 446. The summed E-state index contributed by atoms with van der Waals surface area (Å²) in [5.74, 6) is -0.966. The van der Waals surface area contributed by atoms with Crippen molar-refractivity contribution in [3.05, 3.63) is 54.0 Å². The maximum absolute atomic E-state index is 10.9. The highest BCUT2D eigenvalue weighted by Gasteiger charge is 2.12. The third kappa shape index (κ3) is 1.83. The van der Waals surface area contributed by atoms with Gasteiger partial charge in [0, 0.05) is 5.57 Å². The fourth-order valence-electron chi connectivity index (χ4n) is 1.33. The molecule has 0 unspecified atom stereocenters. The molecule has 0 amide bonds. The Labute approximate surface area is 86.0 Å². The number of allylic oxidation sites excluding steroid dienone is 2. The molecule has 4 nitrogen and oxygen atoms in total. The average Bonchev–Trinajstić information content (AvgIpc) is 2.30. The van der Waals surface area contributed by atoms with Gasteiger partial charge in [-0.2, -0.15) is 0 Å². The molecule has 1 aliphatic heterocycles. The first kappa shape index (κ1) is 9.33. The van der Waals surface area contributed by atoms with Crippen LogP contribution in [-0.4, -0.2) is 11.1 Å². The molecule has 1 aromatic carbocycles. The van der Waals surface area contributed by atoms with Crippen molar-refractivity contribution in [1.82, 2.24) is 0 Å². The van der Waals surface area contributed by atoms with Crippen molar-refractivity contribution >= 4 is 11.5 Å². The zero-order valence-corrected chi connectivity index (χ0v) is 7.71. The van der Waals surface area contributed by atoms with Gasteiger partial charge in [-0.25, -0.2) is 4.79 Å². The molecule has 0 aromatic heterocycles. The van der Waals surface area contributed by atoms with E-state index in [1.807, 2.05) is 0 Å². The zero-order chi connectivity index (χ0) is 10.7. The highest BCUT2D eigenvalue weighted by molar-refractivity contribution is 5.95. The van der Waals surface area contributed by atoms with E-state index >= 15 is 0 Å². The summed E-state index contributed by atoms with van der Waals surface area (Å²) >= 11 is 0. The van der Waals surface area contributed by atoms with Crippen molar-refractivity contribution in [2.75, 3.05) is 0 Å². The number of hydrogen-bond donors (Lipinski definition) is 1. The van der Waals surface area contributed by atoms with E-state index in [1.165, 1.54) is 12.5 Å². The molecule has 0 spiro atoms. The number of carboxylic acids is 1. The Hall–Kier alpha value is -2.23. The number of carbonyl (C=O) groups is 1. The minimum absolute atomic E-state index is 0.235. The van der Waals surface area contributed by atoms with Gasteiger partial charge in [-0.3, -0.25) is 9.78 Å². The second-order valence-electron chi connectivity index (χ2n) is 2.92. The predicted molar refractivity (Wildman–Crippen MR) is 52.7 cm³/mol. The van der Waals surface area contributed by atoms with Gasteiger partial charge in [-0.15, -0.1) is 0 Å². The van der Waals surface area contributed by atoms with Gasteiger partial charge in [0.2, 0.25) is 0 Å². The monoisotopic (exact) mass is 204 g/mol. The first-order valence-corrected chi connectivity index (χ1v) is 4.30. The molecule has 2 rings (SSSR count). The molecule has 76 valence electrons. The van der Waals surface area contributed by atoms with Gasteiger partial charge in [-0.1, -0.05) is 18.2 Å². The smallest absolute Gasteiger partial charge is 0.336 e. The van der Waals surface area contributed by atoms with Crippen LogP contribution in [0.3, 0.4) is 0 Å². The zero-order valence-electron chi connectivity index (χ0n) is 7.71. The maximum atomic E-state index is 10.9. The molecule has 15 heavy (non-hydrogen) atoms. The van der Waals surface area contributed by atoms with E-state index in [2.05, 4.69) is 9.78 Å². The van der Waals surface area contributed by atoms with Crippen LogP contribution in [0, 0.1) is 0 Å². The van der Waals surface area contributed by atoms with E-state index < -0.39 is 5.97 Å². The second kappa shape index (κ2) is 3.88. The lowest BCUT2D eigenvalue weighted by molar-refractivity contribution is -0.197. The summed E-state index contributed by atoms with van der Waals surface area (Å²) in [5, 5.41) is 8.97. The second-order valence-corrected chi connectivity index (χ2v) is 2.92. The molecule has 1 heterocycles. The first-order chi connectivity index (χ1) is 7.29. The number of rotatable bonds is 2. The van der Waals surface area contributed by atoms with Crippen molar-refractivity contribution in [2.24, 2.45) is 0 Å². The third-order valence-electron chi connectivity index (χ3n) is 2.00. The lowest BCUT2D eigenvalue weighted by atomic mass is 10.0. The Kier molecular flexibility index (Phi) is 2.41. The fourth-order valence-corrected chi connectivity index (χ4v) is 1.33. The Morgan fingerprint density at radius 2 is 2.00 bits per heavy atom. The standard InChI is InChI=1S/C11H8O4/c12-11(13)10-4-2-1-3-9(10)8-5-6-14-15-7-8/h1-7H,(H,12,13). The van der Waals surface area contributed by atoms with Crippen LogP contribution in [0.25, 0.3) is 5.57 Å². The lowest BCUT2D eigenvalue weighted by Crippen LogP contribution is -2.02. The minimum atomic E-state index is -0.966. The van der Waals surface area contributed by atoms with E-state index in [-0.39, 0.29) is 5.56 Å². The highest BCUT2D eigenvalue weighted by Crippen LogP contribution is 2.22. The molecular weight excluding hydrogens is 196 g/mol. The van der Waals surface area contributed by atoms with Crippen LogP contribution in [0.2, 0.25) is 0 Å². The van der Waals surface area contributed by atoms with Crippen LogP contribution in [0.15, 0.2) is 42.9 Å². The van der Waals surface area contributed by atoms with Gasteiger partial charge < -0.3 is 5.11 Å². The van der Waals surface area contributed by atoms with Crippen LogP contribution in [0.4, 0.5) is 0 Å². The molecule has 0 radical (unpaired) electrons. The Balaban J connectivity index is 2.47. The van der Waals surface area contributed by atoms with Crippen LogP contribution in [-0.2, 0) is 9.78 Å². The molecule has 4 heteroatoms. The van der Waals surface area contributed by atoms with Gasteiger partial charge in [-0.05, 0) is 17.7 Å². The molecular formula is C11H8O4. The fraction of sp³-hybridized carbons (Fsp3) is 0. The van der Waals surface area contributed by atoms with E-state index in [9.17, 15) is 4.79 Å². The van der Waals surface area contributed by atoms with Crippen molar-refractivity contribution in [3.63, 3.8) is 0 Å². The first-order valence-electron chi connectivity index (χ1n) is 4.30. The Morgan fingerprint density at radius 3 is 2.67 bits per heavy atom. The number of aromatic carboxylic acids is 1. The molecule has 0 atom stereocenters. The molecule has 0 saturated heterocycles. The van der Waals surface area contributed by atoms with E-state index in [1.54, 1.807) is 30.3 Å². The number of carboxylic acid groups (broad SMARTS) is 1. The summed E-state index contributed by atoms with van der Waals surface area (Å²) in [4.78, 5) is 20.1. The average molecular weight is 204 g/mol. The number of hydrogen-bond acceptors (Lipinski definition) is 3. The molecule has 0 aliphatic carbocycles. The van der Waals surface area contributed by atoms with Gasteiger partial charge in [0.25, 0.3) is 0 Å². The van der Waals surface area contributed by atoms with Crippen molar-refractivity contribution in [1.29, 1.82) is 0 Å². The van der Waals surface area contributed by atoms with Crippen LogP contribution in [0.1, 0.15) is 15.9 Å². The molecule has 1 aromatic rings. The van der Waals surface area contributed by atoms with E-state index in [0.717, 1.165) is 0 Å². The molecule has 1 N–H and O–H groups in total. The van der Waals surface area contributed by atoms with E-state index in [4.69, 9.17) is 5.11 Å². The summed E-state index contributed by atoms with van der Waals surface area (Å²) in [5.41, 5.74) is 1.50.